The van der Waals surface area contributed by atoms with Crippen molar-refractivity contribution in [3.8, 4) is 0 Å². The predicted octanol–water partition coefficient (Wildman–Crippen LogP) is 3.45. The van der Waals surface area contributed by atoms with E-state index in [1.54, 1.807) is 0 Å². The van der Waals surface area contributed by atoms with Crippen LogP contribution in [0.4, 0.5) is 5.95 Å². The van der Waals surface area contributed by atoms with Gasteiger partial charge in [0.2, 0.25) is 5.95 Å². The minimum absolute atomic E-state index is 0.828. The van der Waals surface area contributed by atoms with Gasteiger partial charge in [-0.05, 0) is 32.1 Å². The van der Waals surface area contributed by atoms with Crippen LogP contribution in [0.2, 0.25) is 0 Å². The van der Waals surface area contributed by atoms with Gasteiger partial charge in [0.1, 0.15) is 0 Å². The first kappa shape index (κ1) is 12.5. The monoisotopic (exact) mass is 235 g/mol. The first-order valence-electron chi connectivity index (χ1n) is 6.98. The maximum atomic E-state index is 4.54. The van der Waals surface area contributed by atoms with Crippen LogP contribution in [0.15, 0.2) is 6.20 Å². The van der Waals surface area contributed by atoms with Crippen molar-refractivity contribution in [3.63, 3.8) is 0 Å². The molecule has 3 heteroatoms. The molecule has 0 aliphatic heterocycles. The van der Waals surface area contributed by atoms with Gasteiger partial charge in [-0.1, -0.05) is 26.2 Å². The van der Waals surface area contributed by atoms with E-state index in [-0.39, 0.29) is 0 Å². The Bertz CT molecular complexity index is 356. The Morgan fingerprint density at radius 3 is 2.88 bits per heavy atom. The minimum Gasteiger partial charge on any atom is -0.356 e. The molecule has 1 aromatic rings. The molecule has 2 atom stereocenters. The molecule has 0 spiro atoms. The molecule has 0 bridgehead atoms. The van der Waals surface area contributed by atoms with E-state index in [0.717, 1.165) is 36.6 Å². The quantitative estimate of drug-likeness (QED) is 0.866. The molecular weight excluding hydrogens is 210 g/mol. The van der Waals surface area contributed by atoms with Gasteiger partial charge in [-0.25, -0.2) is 4.98 Å². The largest absolute Gasteiger partial charge is 0.356 e. The van der Waals surface area contributed by atoms with Gasteiger partial charge in [0.25, 0.3) is 0 Å². The average Bonchev–Trinajstić information content (AvgIpc) is 2.63. The average molecular weight is 235 g/mol. The number of rotatable bonds is 4. The van der Waals surface area contributed by atoms with Crippen molar-refractivity contribution in [3.05, 3.63) is 11.9 Å². The summed E-state index contributed by atoms with van der Waals surface area (Å²) in [5.74, 6) is 2.73. The molecule has 0 amide bonds. The smallest absolute Gasteiger partial charge is 0.203 e. The SMILES string of the molecule is CCNc1nc(C)cn1CC1CCCCC1C. The fourth-order valence-corrected chi connectivity index (χ4v) is 2.90. The molecule has 1 aliphatic carbocycles. The number of hydrogen-bond donors (Lipinski definition) is 1. The van der Waals surface area contributed by atoms with E-state index in [1.165, 1.54) is 25.7 Å². The zero-order valence-corrected chi connectivity index (χ0v) is 11.4. The Balaban J connectivity index is 2.06. The van der Waals surface area contributed by atoms with Crippen LogP contribution in [0.3, 0.4) is 0 Å². The van der Waals surface area contributed by atoms with Crippen LogP contribution in [0, 0.1) is 18.8 Å². The lowest BCUT2D eigenvalue weighted by Gasteiger charge is -2.29. The number of aryl methyl sites for hydroxylation is 1. The van der Waals surface area contributed by atoms with Crippen LogP contribution in [-0.4, -0.2) is 16.1 Å². The highest BCUT2D eigenvalue weighted by Gasteiger charge is 2.22. The second-order valence-electron chi connectivity index (χ2n) is 5.41. The second-order valence-corrected chi connectivity index (χ2v) is 5.41. The number of hydrogen-bond acceptors (Lipinski definition) is 2. The number of anilines is 1. The lowest BCUT2D eigenvalue weighted by atomic mass is 9.80. The van der Waals surface area contributed by atoms with E-state index in [4.69, 9.17) is 0 Å². The first-order chi connectivity index (χ1) is 8.20. The summed E-state index contributed by atoms with van der Waals surface area (Å²) in [6.07, 6.45) is 7.78. The Kier molecular flexibility index (Phi) is 4.08. The molecule has 1 heterocycles. The third kappa shape index (κ3) is 3.02. The van der Waals surface area contributed by atoms with Gasteiger partial charge in [0.15, 0.2) is 0 Å². The summed E-state index contributed by atoms with van der Waals surface area (Å²) < 4.78 is 2.31. The highest BCUT2D eigenvalue weighted by Crippen LogP contribution is 2.31. The Labute approximate surface area is 105 Å². The van der Waals surface area contributed by atoms with E-state index in [1.807, 2.05) is 0 Å². The van der Waals surface area contributed by atoms with Crippen LogP contribution in [0.5, 0.6) is 0 Å². The third-order valence-electron chi connectivity index (χ3n) is 3.95. The summed E-state index contributed by atoms with van der Waals surface area (Å²) in [7, 11) is 0. The maximum absolute atomic E-state index is 4.54. The number of aromatic nitrogens is 2. The summed E-state index contributed by atoms with van der Waals surface area (Å²) in [6.45, 7) is 8.67. The van der Waals surface area contributed by atoms with Crippen LogP contribution in [-0.2, 0) is 6.54 Å². The number of imidazole rings is 1. The molecule has 0 saturated heterocycles. The van der Waals surface area contributed by atoms with Crippen molar-refractivity contribution in [2.45, 2.75) is 53.0 Å². The third-order valence-corrected chi connectivity index (χ3v) is 3.95. The summed E-state index contributed by atoms with van der Waals surface area (Å²) in [5.41, 5.74) is 1.12. The van der Waals surface area contributed by atoms with Crippen molar-refractivity contribution in [1.82, 2.24) is 9.55 Å². The van der Waals surface area contributed by atoms with Gasteiger partial charge in [-0.15, -0.1) is 0 Å². The molecule has 1 aromatic heterocycles. The van der Waals surface area contributed by atoms with Crippen LogP contribution < -0.4 is 5.32 Å². The number of nitrogens with zero attached hydrogens (tertiary/aromatic N) is 2. The molecule has 1 aliphatic rings. The van der Waals surface area contributed by atoms with E-state index < -0.39 is 0 Å². The first-order valence-corrected chi connectivity index (χ1v) is 6.98. The molecule has 96 valence electrons. The van der Waals surface area contributed by atoms with Gasteiger partial charge in [-0.2, -0.15) is 0 Å². The van der Waals surface area contributed by atoms with Gasteiger partial charge in [-0.3, -0.25) is 0 Å². The molecule has 2 rings (SSSR count). The molecule has 1 N–H and O–H groups in total. The topological polar surface area (TPSA) is 29.9 Å². The highest BCUT2D eigenvalue weighted by atomic mass is 15.2. The highest BCUT2D eigenvalue weighted by molar-refractivity contribution is 5.28. The molecular formula is C14H25N3. The Morgan fingerprint density at radius 1 is 1.41 bits per heavy atom. The summed E-state index contributed by atoms with van der Waals surface area (Å²) >= 11 is 0. The summed E-state index contributed by atoms with van der Waals surface area (Å²) in [5, 5.41) is 3.35. The van der Waals surface area contributed by atoms with Crippen molar-refractivity contribution < 1.29 is 0 Å². The fraction of sp³-hybridized carbons (Fsp3) is 0.786. The van der Waals surface area contributed by atoms with Crippen LogP contribution >= 0.6 is 0 Å². The van der Waals surface area contributed by atoms with Gasteiger partial charge < -0.3 is 9.88 Å². The summed E-state index contributed by atoms with van der Waals surface area (Å²) in [6, 6.07) is 0. The lowest BCUT2D eigenvalue weighted by Crippen LogP contribution is -2.22. The van der Waals surface area contributed by atoms with E-state index in [9.17, 15) is 0 Å². The minimum atomic E-state index is 0.828. The number of nitrogens with one attached hydrogen (secondary N) is 1. The van der Waals surface area contributed by atoms with E-state index in [0.29, 0.717) is 0 Å². The zero-order valence-electron chi connectivity index (χ0n) is 11.4. The lowest BCUT2D eigenvalue weighted by molar-refractivity contribution is 0.229. The second kappa shape index (κ2) is 5.56. The standard InChI is InChI=1S/C14H25N3/c1-4-15-14-16-12(3)9-17(14)10-13-8-6-5-7-11(13)2/h9,11,13H,4-8,10H2,1-3H3,(H,15,16). The summed E-state index contributed by atoms with van der Waals surface area (Å²) in [4.78, 5) is 4.54. The Hall–Kier alpha value is -0.990. The van der Waals surface area contributed by atoms with E-state index in [2.05, 4.69) is 41.8 Å². The normalized spacial score (nSPS) is 24.9. The molecule has 1 fully saturated rings. The molecule has 1 saturated carbocycles. The molecule has 0 radical (unpaired) electrons. The predicted molar refractivity (Wildman–Crippen MR) is 72.2 cm³/mol. The molecule has 17 heavy (non-hydrogen) atoms. The van der Waals surface area contributed by atoms with Crippen molar-refractivity contribution >= 4 is 5.95 Å². The van der Waals surface area contributed by atoms with Crippen LogP contribution in [0.25, 0.3) is 0 Å². The van der Waals surface area contributed by atoms with Gasteiger partial charge in [0.05, 0.1) is 5.69 Å². The van der Waals surface area contributed by atoms with Crippen LogP contribution in [0.1, 0.15) is 45.2 Å². The zero-order chi connectivity index (χ0) is 12.3. The Morgan fingerprint density at radius 2 is 2.18 bits per heavy atom. The van der Waals surface area contributed by atoms with Crippen molar-refractivity contribution in [1.29, 1.82) is 0 Å². The van der Waals surface area contributed by atoms with Crippen molar-refractivity contribution in [2.75, 3.05) is 11.9 Å². The van der Waals surface area contributed by atoms with Gasteiger partial charge >= 0.3 is 0 Å². The molecule has 2 unspecified atom stereocenters. The van der Waals surface area contributed by atoms with E-state index >= 15 is 0 Å². The fourth-order valence-electron chi connectivity index (χ4n) is 2.90. The van der Waals surface area contributed by atoms with Crippen molar-refractivity contribution in [2.24, 2.45) is 11.8 Å². The molecule has 3 nitrogen and oxygen atoms in total. The van der Waals surface area contributed by atoms with Gasteiger partial charge in [0, 0.05) is 19.3 Å². The maximum Gasteiger partial charge on any atom is 0.203 e. The molecule has 0 aromatic carbocycles.